The molecule has 1 aromatic heterocycles. The van der Waals surface area contributed by atoms with Crippen LogP contribution in [0.4, 0.5) is 0 Å². The van der Waals surface area contributed by atoms with Crippen molar-refractivity contribution in [2.45, 2.75) is 24.8 Å². The third-order valence-electron chi connectivity index (χ3n) is 4.05. The largest absolute Gasteiger partial charge is 0.316 e. The van der Waals surface area contributed by atoms with Crippen LogP contribution in [-0.4, -0.2) is 25.1 Å². The number of carbonyl (C=O) groups excluding carboxylic acids is 1. The van der Waals surface area contributed by atoms with Gasteiger partial charge in [0.05, 0.1) is 15.1 Å². The second kappa shape index (κ2) is 8.43. The molecule has 8 heteroatoms. The first-order valence-corrected chi connectivity index (χ1v) is 11.7. The van der Waals surface area contributed by atoms with Crippen LogP contribution in [0.3, 0.4) is 0 Å². The summed E-state index contributed by atoms with van der Waals surface area (Å²) in [5.74, 6) is -0.403. The first-order valence-electron chi connectivity index (χ1n) is 8.64. The van der Waals surface area contributed by atoms with Crippen LogP contribution in [0.1, 0.15) is 18.9 Å². The van der Waals surface area contributed by atoms with Gasteiger partial charge in [0.2, 0.25) is 0 Å². The SMILES string of the molecule is CCCn1c(=NC(=O)/C=C/c2ccccc2Cl)sc2cc(S(C)(=O)=O)ccc21. The molecule has 0 saturated heterocycles. The summed E-state index contributed by atoms with van der Waals surface area (Å²) in [7, 11) is -3.30. The first-order chi connectivity index (χ1) is 13.3. The van der Waals surface area contributed by atoms with Gasteiger partial charge in [-0.15, -0.1) is 0 Å². The van der Waals surface area contributed by atoms with E-state index in [1.807, 2.05) is 29.7 Å². The summed E-state index contributed by atoms with van der Waals surface area (Å²) in [5, 5.41) is 0.558. The number of nitrogens with zero attached hydrogens (tertiary/aromatic N) is 2. The lowest BCUT2D eigenvalue weighted by molar-refractivity contribution is -0.113. The zero-order chi connectivity index (χ0) is 20.3. The van der Waals surface area contributed by atoms with E-state index in [1.54, 1.807) is 30.3 Å². The Bertz CT molecular complexity index is 1240. The molecule has 1 heterocycles. The van der Waals surface area contributed by atoms with Crippen LogP contribution in [0.25, 0.3) is 16.3 Å². The maximum absolute atomic E-state index is 12.4. The number of thiazole rings is 1. The van der Waals surface area contributed by atoms with Crippen LogP contribution >= 0.6 is 22.9 Å². The fraction of sp³-hybridized carbons (Fsp3) is 0.200. The average molecular weight is 435 g/mol. The highest BCUT2D eigenvalue weighted by Crippen LogP contribution is 2.22. The number of sulfone groups is 1. The summed E-state index contributed by atoms with van der Waals surface area (Å²) in [6.45, 7) is 2.71. The molecule has 0 radical (unpaired) electrons. The number of hydrogen-bond acceptors (Lipinski definition) is 4. The van der Waals surface area contributed by atoms with Crippen molar-refractivity contribution in [2.75, 3.05) is 6.26 Å². The molecular weight excluding hydrogens is 416 g/mol. The number of amides is 1. The monoisotopic (exact) mass is 434 g/mol. The highest BCUT2D eigenvalue weighted by molar-refractivity contribution is 7.90. The highest BCUT2D eigenvalue weighted by atomic mass is 35.5. The van der Waals surface area contributed by atoms with Crippen molar-refractivity contribution in [1.29, 1.82) is 0 Å². The number of hydrogen-bond donors (Lipinski definition) is 0. The van der Waals surface area contributed by atoms with Crippen molar-refractivity contribution < 1.29 is 13.2 Å². The van der Waals surface area contributed by atoms with E-state index in [0.29, 0.717) is 16.4 Å². The molecule has 146 valence electrons. The summed E-state index contributed by atoms with van der Waals surface area (Å²) >= 11 is 7.39. The van der Waals surface area contributed by atoms with Crippen molar-refractivity contribution in [2.24, 2.45) is 4.99 Å². The fourth-order valence-corrected chi connectivity index (χ4v) is 4.73. The maximum Gasteiger partial charge on any atom is 0.272 e. The lowest BCUT2D eigenvalue weighted by Gasteiger charge is -2.03. The summed E-state index contributed by atoms with van der Waals surface area (Å²) in [4.78, 5) is 17.4. The molecule has 3 rings (SSSR count). The number of aryl methyl sites for hydroxylation is 1. The molecule has 5 nitrogen and oxygen atoms in total. The Labute approximate surface area is 172 Å². The Morgan fingerprint density at radius 3 is 2.68 bits per heavy atom. The van der Waals surface area contributed by atoms with Crippen molar-refractivity contribution >= 4 is 55.0 Å². The minimum atomic E-state index is -3.30. The average Bonchev–Trinajstić information content (AvgIpc) is 2.97. The molecule has 2 aromatic carbocycles. The second-order valence-corrected chi connectivity index (χ2v) is 9.67. The maximum atomic E-state index is 12.4. The van der Waals surface area contributed by atoms with E-state index in [4.69, 9.17) is 11.6 Å². The number of benzene rings is 2. The standard InChI is InChI=1S/C20H19ClN2O3S2/c1-3-12-23-17-10-9-15(28(2,25)26)13-18(17)27-20(23)22-19(24)11-8-14-6-4-5-7-16(14)21/h4-11,13H,3,12H2,1-2H3/b11-8+,22-20?. The molecule has 0 N–H and O–H groups in total. The van der Waals surface area contributed by atoms with Gasteiger partial charge in [-0.1, -0.05) is 48.1 Å². The molecule has 0 atom stereocenters. The first kappa shape index (κ1) is 20.5. The van der Waals surface area contributed by atoms with E-state index in [-0.39, 0.29) is 4.90 Å². The minimum absolute atomic E-state index is 0.251. The van der Waals surface area contributed by atoms with Gasteiger partial charge in [0.1, 0.15) is 0 Å². The Morgan fingerprint density at radius 1 is 1.25 bits per heavy atom. The predicted octanol–water partition coefficient (Wildman–Crippen LogP) is 4.31. The zero-order valence-corrected chi connectivity index (χ0v) is 17.8. The number of carbonyl (C=O) groups is 1. The van der Waals surface area contributed by atoms with Crippen LogP contribution in [0.15, 0.2) is 58.4 Å². The van der Waals surface area contributed by atoms with E-state index in [2.05, 4.69) is 4.99 Å². The van der Waals surface area contributed by atoms with Crippen molar-refractivity contribution in [3.8, 4) is 0 Å². The number of rotatable bonds is 5. The van der Waals surface area contributed by atoms with Crippen LogP contribution in [0.2, 0.25) is 5.02 Å². The number of halogens is 1. The predicted molar refractivity (Wildman–Crippen MR) is 114 cm³/mol. The van der Waals surface area contributed by atoms with Crippen LogP contribution < -0.4 is 4.80 Å². The molecule has 0 bridgehead atoms. The summed E-state index contributed by atoms with van der Waals surface area (Å²) in [6, 6.07) is 12.2. The Balaban J connectivity index is 2.04. The molecule has 1 amide bonds. The van der Waals surface area contributed by atoms with Crippen LogP contribution in [0.5, 0.6) is 0 Å². The molecule has 0 saturated carbocycles. The van der Waals surface area contributed by atoms with E-state index in [9.17, 15) is 13.2 Å². The van der Waals surface area contributed by atoms with E-state index in [1.165, 1.54) is 23.7 Å². The second-order valence-electron chi connectivity index (χ2n) is 6.24. The smallest absolute Gasteiger partial charge is 0.272 e. The molecule has 0 unspecified atom stereocenters. The van der Waals surface area contributed by atoms with Gasteiger partial charge < -0.3 is 4.57 Å². The van der Waals surface area contributed by atoms with Gasteiger partial charge in [-0.2, -0.15) is 4.99 Å². The molecule has 0 aliphatic rings. The van der Waals surface area contributed by atoms with Gasteiger partial charge in [0, 0.05) is 23.9 Å². The third-order valence-corrected chi connectivity index (χ3v) is 6.54. The normalized spacial score (nSPS) is 12.9. The van der Waals surface area contributed by atoms with Crippen molar-refractivity contribution in [1.82, 2.24) is 4.57 Å². The van der Waals surface area contributed by atoms with E-state index in [0.717, 1.165) is 22.2 Å². The quantitative estimate of drug-likeness (QED) is 0.562. The Hall–Kier alpha value is -2.22. The van der Waals surface area contributed by atoms with E-state index >= 15 is 0 Å². The zero-order valence-electron chi connectivity index (χ0n) is 15.4. The Kier molecular flexibility index (Phi) is 6.17. The molecule has 0 fully saturated rings. The summed E-state index contributed by atoms with van der Waals surface area (Å²) in [6.07, 6.45) is 5.05. The van der Waals surface area contributed by atoms with Gasteiger partial charge >= 0.3 is 0 Å². The van der Waals surface area contributed by atoms with Gasteiger partial charge in [-0.05, 0) is 42.3 Å². The number of fused-ring (bicyclic) bond motifs is 1. The van der Waals surface area contributed by atoms with Crippen LogP contribution in [-0.2, 0) is 21.2 Å². The number of aromatic nitrogens is 1. The third kappa shape index (κ3) is 4.60. The molecule has 28 heavy (non-hydrogen) atoms. The Morgan fingerprint density at radius 2 is 2.00 bits per heavy atom. The highest BCUT2D eigenvalue weighted by Gasteiger charge is 2.12. The molecule has 0 aliphatic heterocycles. The van der Waals surface area contributed by atoms with Crippen molar-refractivity contribution in [3.63, 3.8) is 0 Å². The lowest BCUT2D eigenvalue weighted by Crippen LogP contribution is -2.16. The van der Waals surface area contributed by atoms with Gasteiger partial charge in [0.15, 0.2) is 14.6 Å². The van der Waals surface area contributed by atoms with Gasteiger partial charge in [-0.25, -0.2) is 8.42 Å². The van der Waals surface area contributed by atoms with Gasteiger partial charge in [-0.3, -0.25) is 4.79 Å². The molecule has 3 aromatic rings. The lowest BCUT2D eigenvalue weighted by atomic mass is 10.2. The van der Waals surface area contributed by atoms with E-state index < -0.39 is 15.7 Å². The fourth-order valence-electron chi connectivity index (χ4n) is 2.71. The summed E-state index contributed by atoms with van der Waals surface area (Å²) in [5.41, 5.74) is 1.60. The summed E-state index contributed by atoms with van der Waals surface area (Å²) < 4.78 is 26.4. The minimum Gasteiger partial charge on any atom is -0.316 e. The molecular formula is C20H19ClN2O3S2. The van der Waals surface area contributed by atoms with Crippen molar-refractivity contribution in [3.05, 3.63) is 63.9 Å². The van der Waals surface area contributed by atoms with Crippen LogP contribution in [0, 0.1) is 0 Å². The van der Waals surface area contributed by atoms with Gasteiger partial charge in [0.25, 0.3) is 5.91 Å². The molecule has 0 spiro atoms. The topological polar surface area (TPSA) is 68.5 Å². The molecule has 0 aliphatic carbocycles.